The van der Waals surface area contributed by atoms with Crippen molar-refractivity contribution in [3.8, 4) is 33.4 Å². The molecule has 0 unspecified atom stereocenters. The summed E-state index contributed by atoms with van der Waals surface area (Å²) in [5.74, 6) is 0. The number of fused-ring (bicyclic) bond motifs is 5. The maximum Gasteiger partial charge on any atom is 0.143 e. The molecule has 0 atom stereocenters. The summed E-state index contributed by atoms with van der Waals surface area (Å²) in [6.07, 6.45) is 7.76. The van der Waals surface area contributed by atoms with E-state index in [9.17, 15) is 2.74 Å². The summed E-state index contributed by atoms with van der Waals surface area (Å²) in [6, 6.07) is 39.0. The van der Waals surface area contributed by atoms with Gasteiger partial charge in [-0.15, -0.1) is 0 Å². The topological polar surface area (TPSA) is 13.1 Å². The van der Waals surface area contributed by atoms with Crippen molar-refractivity contribution in [2.24, 2.45) is 0 Å². The fourth-order valence-electron chi connectivity index (χ4n) is 6.98. The van der Waals surface area contributed by atoms with Gasteiger partial charge in [0, 0.05) is 16.3 Å². The molecule has 7 aromatic carbocycles. The first-order valence-corrected chi connectivity index (χ1v) is 15.4. The van der Waals surface area contributed by atoms with Crippen LogP contribution >= 0.6 is 0 Å². The number of rotatable bonds is 4. The lowest BCUT2D eigenvalue weighted by Gasteiger charge is -2.19. The van der Waals surface area contributed by atoms with Gasteiger partial charge in [0.1, 0.15) is 11.2 Å². The minimum Gasteiger partial charge on any atom is -0.455 e. The molecule has 1 nitrogen and oxygen atoms in total. The highest BCUT2D eigenvalue weighted by molar-refractivity contribution is 6.26. The first kappa shape index (κ1) is 21.9. The number of allylic oxidation sites excluding steroid dienone is 4. The third-order valence-corrected chi connectivity index (χ3v) is 8.97. The number of para-hydroxylation sites is 1. The zero-order chi connectivity index (χ0) is 33.2. The third kappa shape index (κ3) is 4.16. The monoisotopic (exact) mass is 578 g/mol. The standard InChI is InChI=1S/C44H30O/c1-3-14-29(15-4-1)31-18-13-19-32(28-31)41-34-20-7-9-22-36(34)42(37-23-10-8-21-35(37)41)39-27-26-33(30-16-5-2-6-17-30)44-43(39)38-24-11-12-25-40(38)45-44/h2-3,5-28H,1,4H2/i13D,18D,19D,28D. The van der Waals surface area contributed by atoms with Crippen LogP contribution in [0.3, 0.4) is 0 Å². The van der Waals surface area contributed by atoms with Crippen molar-refractivity contribution in [2.45, 2.75) is 12.8 Å². The molecule has 0 N–H and O–H groups in total. The van der Waals surface area contributed by atoms with Crippen molar-refractivity contribution >= 4 is 49.1 Å². The van der Waals surface area contributed by atoms with Gasteiger partial charge in [-0.3, -0.25) is 0 Å². The summed E-state index contributed by atoms with van der Waals surface area (Å²) in [6.45, 7) is 0. The van der Waals surface area contributed by atoms with E-state index in [-0.39, 0.29) is 24.2 Å². The summed E-state index contributed by atoms with van der Waals surface area (Å²) in [7, 11) is 0. The van der Waals surface area contributed by atoms with Gasteiger partial charge in [-0.25, -0.2) is 0 Å². The van der Waals surface area contributed by atoms with E-state index in [1.165, 1.54) is 0 Å². The molecule has 0 saturated heterocycles. The van der Waals surface area contributed by atoms with E-state index >= 15 is 0 Å². The first-order valence-electron chi connectivity index (χ1n) is 17.4. The minimum absolute atomic E-state index is 0.0745. The Morgan fingerprint density at radius 1 is 0.533 bits per heavy atom. The zero-order valence-corrected chi connectivity index (χ0v) is 24.5. The van der Waals surface area contributed by atoms with Crippen molar-refractivity contribution in [3.05, 3.63) is 163 Å². The Balaban J connectivity index is 1.43. The SMILES string of the molecule is [2H]c1c([2H])c(C2=CCCC=C2)c([2H])c(-c2c3ccccc3c(-c3ccc(-c4ccccc4)c4oc5ccccc5c34)c3ccccc23)c1[2H]. The van der Waals surface area contributed by atoms with Crippen LogP contribution in [-0.4, -0.2) is 0 Å². The fraction of sp³-hybridized carbons (Fsp3) is 0.0455. The molecule has 1 aliphatic carbocycles. The third-order valence-electron chi connectivity index (χ3n) is 8.97. The first-order chi connectivity index (χ1) is 24.0. The van der Waals surface area contributed by atoms with Gasteiger partial charge in [-0.1, -0.05) is 139 Å². The van der Waals surface area contributed by atoms with Gasteiger partial charge in [0.2, 0.25) is 0 Å². The van der Waals surface area contributed by atoms with E-state index in [1.807, 2.05) is 72.8 Å². The van der Waals surface area contributed by atoms with E-state index in [0.29, 0.717) is 11.1 Å². The predicted molar refractivity (Wildman–Crippen MR) is 191 cm³/mol. The number of hydrogen-bond acceptors (Lipinski definition) is 1. The molecule has 1 heteroatoms. The Kier molecular flexibility index (Phi) is 5.12. The lowest BCUT2D eigenvalue weighted by atomic mass is 9.84. The van der Waals surface area contributed by atoms with Crippen LogP contribution < -0.4 is 0 Å². The lowest BCUT2D eigenvalue weighted by molar-refractivity contribution is 0.670. The van der Waals surface area contributed by atoms with Crippen molar-refractivity contribution in [1.29, 1.82) is 0 Å². The summed E-state index contributed by atoms with van der Waals surface area (Å²) < 4.78 is 43.1. The van der Waals surface area contributed by atoms with Gasteiger partial charge in [0.15, 0.2) is 0 Å². The zero-order valence-electron chi connectivity index (χ0n) is 28.5. The van der Waals surface area contributed by atoms with Crippen molar-refractivity contribution in [1.82, 2.24) is 0 Å². The van der Waals surface area contributed by atoms with E-state index < -0.39 is 0 Å². The highest BCUT2D eigenvalue weighted by Gasteiger charge is 2.22. The molecule has 0 bridgehead atoms. The molecule has 0 amide bonds. The Morgan fingerprint density at radius 2 is 1.16 bits per heavy atom. The molecule has 0 fully saturated rings. The number of hydrogen-bond donors (Lipinski definition) is 0. The van der Waals surface area contributed by atoms with Crippen LogP contribution in [0.25, 0.3) is 82.4 Å². The maximum absolute atomic E-state index is 9.54. The Hall–Kier alpha value is -5.66. The molecular formula is C44H30O. The summed E-state index contributed by atoms with van der Waals surface area (Å²) in [4.78, 5) is 0. The average Bonchev–Trinajstić information content (AvgIpc) is 3.54. The lowest BCUT2D eigenvalue weighted by Crippen LogP contribution is -1.93. The number of benzene rings is 7. The van der Waals surface area contributed by atoms with Crippen LogP contribution in [0.5, 0.6) is 0 Å². The smallest absolute Gasteiger partial charge is 0.143 e. The summed E-state index contributed by atoms with van der Waals surface area (Å²) in [5.41, 5.74) is 8.15. The number of furan rings is 1. The molecular weight excluding hydrogens is 544 g/mol. The van der Waals surface area contributed by atoms with Crippen LogP contribution in [-0.2, 0) is 0 Å². The summed E-state index contributed by atoms with van der Waals surface area (Å²) in [5, 5.41) is 5.81. The van der Waals surface area contributed by atoms with Gasteiger partial charge in [-0.2, -0.15) is 0 Å². The van der Waals surface area contributed by atoms with Crippen LogP contribution in [0.4, 0.5) is 0 Å². The van der Waals surface area contributed by atoms with Gasteiger partial charge < -0.3 is 4.42 Å². The van der Waals surface area contributed by atoms with Gasteiger partial charge in [0.25, 0.3) is 0 Å². The van der Waals surface area contributed by atoms with Crippen LogP contribution in [0.1, 0.15) is 23.9 Å². The minimum atomic E-state index is -0.166. The molecule has 9 rings (SSSR count). The highest BCUT2D eigenvalue weighted by atomic mass is 16.3. The van der Waals surface area contributed by atoms with E-state index in [4.69, 9.17) is 7.16 Å². The van der Waals surface area contributed by atoms with Gasteiger partial charge in [-0.05, 0) is 91.5 Å². The second kappa shape index (κ2) is 10.5. The Morgan fingerprint density at radius 3 is 1.87 bits per heavy atom. The summed E-state index contributed by atoms with van der Waals surface area (Å²) >= 11 is 0. The van der Waals surface area contributed by atoms with Crippen LogP contribution in [0.15, 0.2) is 162 Å². The van der Waals surface area contributed by atoms with E-state index in [0.717, 1.165) is 89.7 Å². The fourth-order valence-corrected chi connectivity index (χ4v) is 6.98. The van der Waals surface area contributed by atoms with Gasteiger partial charge >= 0.3 is 0 Å². The second-order valence-electron chi connectivity index (χ2n) is 11.6. The predicted octanol–water partition coefficient (Wildman–Crippen LogP) is 12.6. The average molecular weight is 579 g/mol. The molecule has 8 aromatic rings. The molecule has 0 spiro atoms. The van der Waals surface area contributed by atoms with E-state index in [2.05, 4.69) is 60.7 Å². The maximum atomic E-state index is 9.54. The van der Waals surface area contributed by atoms with Gasteiger partial charge in [0.05, 0.1) is 5.48 Å². The molecule has 1 heterocycles. The molecule has 0 aliphatic heterocycles. The van der Waals surface area contributed by atoms with Crippen LogP contribution in [0.2, 0.25) is 0 Å². The molecule has 0 radical (unpaired) electrons. The molecule has 45 heavy (non-hydrogen) atoms. The Bertz CT molecular complexity index is 2640. The van der Waals surface area contributed by atoms with E-state index in [1.54, 1.807) is 0 Å². The Labute approximate surface area is 268 Å². The molecule has 212 valence electrons. The second-order valence-corrected chi connectivity index (χ2v) is 11.6. The van der Waals surface area contributed by atoms with Crippen LogP contribution in [0, 0.1) is 0 Å². The molecule has 1 aliphatic rings. The normalized spacial score (nSPS) is 14.4. The highest BCUT2D eigenvalue weighted by Crippen LogP contribution is 2.48. The quantitative estimate of drug-likeness (QED) is 0.189. The van der Waals surface area contributed by atoms with Crippen molar-refractivity contribution in [2.75, 3.05) is 0 Å². The molecule has 1 aromatic heterocycles. The largest absolute Gasteiger partial charge is 0.455 e. The van der Waals surface area contributed by atoms with Crippen molar-refractivity contribution in [3.63, 3.8) is 0 Å². The van der Waals surface area contributed by atoms with Crippen molar-refractivity contribution < 1.29 is 9.90 Å². The molecule has 0 saturated carbocycles.